The third-order valence-corrected chi connectivity index (χ3v) is 3.91. The lowest BCUT2D eigenvalue weighted by molar-refractivity contribution is -0.306. The van der Waals surface area contributed by atoms with Crippen molar-refractivity contribution in [2.45, 2.75) is 26.7 Å². The lowest BCUT2D eigenvalue weighted by atomic mass is 9.93. The maximum absolute atomic E-state index is 12.5. The normalized spacial score (nSPS) is 11.8. The summed E-state index contributed by atoms with van der Waals surface area (Å²) < 4.78 is 0. The second kappa shape index (κ2) is 7.97. The number of nitrogens with one attached hydrogen (secondary N) is 1. The fourth-order valence-corrected chi connectivity index (χ4v) is 2.83. The van der Waals surface area contributed by atoms with Crippen LogP contribution < -0.4 is 10.4 Å². The third kappa shape index (κ3) is 5.39. The summed E-state index contributed by atoms with van der Waals surface area (Å²) >= 11 is 5.82. The molecule has 2 aromatic rings. The van der Waals surface area contributed by atoms with E-state index >= 15 is 0 Å². The molecule has 1 N–H and O–H groups in total. The predicted octanol–water partition coefficient (Wildman–Crippen LogP) is 2.89. The van der Waals surface area contributed by atoms with E-state index in [9.17, 15) is 14.7 Å². The number of benzene rings is 2. The molecule has 1 atom stereocenters. The summed E-state index contributed by atoms with van der Waals surface area (Å²) in [7, 11) is 0. The minimum absolute atomic E-state index is 0.327. The van der Waals surface area contributed by atoms with E-state index in [1.165, 1.54) is 0 Å². The Morgan fingerprint density at radius 2 is 1.67 bits per heavy atom. The molecule has 0 spiro atoms. The fraction of sp³-hybridized carbons (Fsp3) is 0.263. The van der Waals surface area contributed by atoms with Gasteiger partial charge in [0.2, 0.25) is 5.91 Å². The highest BCUT2D eigenvalue weighted by molar-refractivity contribution is 6.30. The number of carboxylic acid groups (broad SMARTS) is 1. The van der Waals surface area contributed by atoms with Gasteiger partial charge in [-0.15, -0.1) is 0 Å². The van der Waals surface area contributed by atoms with Gasteiger partial charge in [0.15, 0.2) is 0 Å². The number of anilines is 1. The Morgan fingerprint density at radius 3 is 2.21 bits per heavy atom. The first-order valence-corrected chi connectivity index (χ1v) is 8.05. The highest BCUT2D eigenvalue weighted by atomic mass is 35.5. The fourth-order valence-electron chi connectivity index (χ4n) is 2.71. The number of rotatable bonds is 6. The number of aryl methyl sites for hydroxylation is 2. The Balaban J connectivity index is 2.15. The van der Waals surface area contributed by atoms with Gasteiger partial charge in [0.1, 0.15) is 0 Å². The van der Waals surface area contributed by atoms with E-state index in [0.29, 0.717) is 17.1 Å². The number of carbonyl (C=O) groups excluding carboxylic acids is 2. The molecule has 1 amide bonds. The maximum Gasteiger partial charge on any atom is 0.228 e. The van der Waals surface area contributed by atoms with Crippen molar-refractivity contribution in [1.29, 1.82) is 0 Å². The lowest BCUT2D eigenvalue weighted by Gasteiger charge is -2.18. The van der Waals surface area contributed by atoms with Crippen molar-refractivity contribution in [1.82, 2.24) is 0 Å². The average Bonchev–Trinajstić information content (AvgIpc) is 2.47. The number of hydrogen-bond acceptors (Lipinski definition) is 3. The monoisotopic (exact) mass is 344 g/mol. The van der Waals surface area contributed by atoms with E-state index < -0.39 is 11.9 Å². The Hall–Kier alpha value is -2.33. The molecular weight excluding hydrogens is 326 g/mol. The standard InChI is InChI=1S/C19H20ClNO3/c1-12-7-13(2)9-14(8-12)10-15(11-18(22)23)19(24)21-17-5-3-16(20)4-6-17/h3-9,15H,10-11H2,1-2H3,(H,21,24)(H,22,23)/p-1/t15-/m1/s1. The molecule has 0 bridgehead atoms. The van der Waals surface area contributed by atoms with E-state index in [1.54, 1.807) is 24.3 Å². The molecule has 0 heterocycles. The molecule has 0 aromatic heterocycles. The number of amides is 1. The Labute approximate surface area is 146 Å². The minimum Gasteiger partial charge on any atom is -0.550 e. The van der Waals surface area contributed by atoms with Crippen LogP contribution in [0.2, 0.25) is 5.02 Å². The maximum atomic E-state index is 12.5. The van der Waals surface area contributed by atoms with Crippen LogP contribution in [0.15, 0.2) is 42.5 Å². The smallest absolute Gasteiger partial charge is 0.228 e. The summed E-state index contributed by atoms with van der Waals surface area (Å²) in [5.41, 5.74) is 3.67. The molecule has 0 radical (unpaired) electrons. The van der Waals surface area contributed by atoms with Crippen molar-refractivity contribution >= 4 is 29.2 Å². The zero-order chi connectivity index (χ0) is 17.7. The molecule has 0 aliphatic rings. The summed E-state index contributed by atoms with van der Waals surface area (Å²) in [4.78, 5) is 23.5. The third-order valence-electron chi connectivity index (χ3n) is 3.66. The Kier molecular flexibility index (Phi) is 5.99. The van der Waals surface area contributed by atoms with Gasteiger partial charge < -0.3 is 15.2 Å². The summed E-state index contributed by atoms with van der Waals surface area (Å²) in [6, 6.07) is 12.6. The Morgan fingerprint density at radius 1 is 1.08 bits per heavy atom. The van der Waals surface area contributed by atoms with E-state index in [4.69, 9.17) is 11.6 Å². The highest BCUT2D eigenvalue weighted by Crippen LogP contribution is 2.19. The van der Waals surface area contributed by atoms with E-state index in [-0.39, 0.29) is 12.3 Å². The molecule has 0 aliphatic heterocycles. The Bertz CT molecular complexity index is 721. The topological polar surface area (TPSA) is 69.2 Å². The van der Waals surface area contributed by atoms with Crippen molar-refractivity contribution in [2.24, 2.45) is 5.92 Å². The predicted molar refractivity (Wildman–Crippen MR) is 92.8 cm³/mol. The molecule has 4 nitrogen and oxygen atoms in total. The minimum atomic E-state index is -1.24. The second-order valence-electron chi connectivity index (χ2n) is 5.97. The van der Waals surface area contributed by atoms with Gasteiger partial charge in [-0.2, -0.15) is 0 Å². The van der Waals surface area contributed by atoms with Crippen LogP contribution in [-0.2, 0) is 16.0 Å². The molecule has 5 heteroatoms. The molecule has 0 fully saturated rings. The first kappa shape index (κ1) is 18.0. The highest BCUT2D eigenvalue weighted by Gasteiger charge is 2.20. The first-order valence-electron chi connectivity index (χ1n) is 7.67. The molecule has 0 saturated carbocycles. The van der Waals surface area contributed by atoms with Crippen LogP contribution in [0.3, 0.4) is 0 Å². The molecule has 0 aliphatic carbocycles. The van der Waals surface area contributed by atoms with Crippen molar-refractivity contribution in [3.8, 4) is 0 Å². The number of halogens is 1. The SMILES string of the molecule is Cc1cc(C)cc(C[C@H](CC(=O)[O-])C(=O)Nc2ccc(Cl)cc2)c1. The molecule has 24 heavy (non-hydrogen) atoms. The molecule has 0 unspecified atom stereocenters. The average molecular weight is 345 g/mol. The van der Waals surface area contributed by atoms with Crippen LogP contribution in [0.5, 0.6) is 0 Å². The van der Waals surface area contributed by atoms with Gasteiger partial charge in [-0.3, -0.25) is 4.79 Å². The van der Waals surface area contributed by atoms with Gasteiger partial charge in [-0.25, -0.2) is 0 Å². The number of hydrogen-bond donors (Lipinski definition) is 1. The van der Waals surface area contributed by atoms with Gasteiger partial charge in [-0.05, 0) is 56.5 Å². The number of carbonyl (C=O) groups is 2. The summed E-state index contributed by atoms with van der Waals surface area (Å²) in [5.74, 6) is -2.29. The van der Waals surface area contributed by atoms with Crippen LogP contribution in [0, 0.1) is 19.8 Å². The quantitative estimate of drug-likeness (QED) is 0.876. The van der Waals surface area contributed by atoms with Crippen molar-refractivity contribution in [3.63, 3.8) is 0 Å². The van der Waals surface area contributed by atoms with Gasteiger partial charge in [0.05, 0.1) is 0 Å². The lowest BCUT2D eigenvalue weighted by Crippen LogP contribution is -2.32. The zero-order valence-electron chi connectivity index (χ0n) is 13.6. The van der Waals surface area contributed by atoms with Gasteiger partial charge in [0, 0.05) is 22.6 Å². The summed E-state index contributed by atoms with van der Waals surface area (Å²) in [5, 5.41) is 14.3. The van der Waals surface area contributed by atoms with Crippen molar-refractivity contribution in [3.05, 3.63) is 64.2 Å². The number of carboxylic acids is 1. The van der Waals surface area contributed by atoms with Crippen LogP contribution >= 0.6 is 11.6 Å². The van der Waals surface area contributed by atoms with E-state index in [2.05, 4.69) is 5.32 Å². The van der Waals surface area contributed by atoms with Gasteiger partial charge in [-0.1, -0.05) is 40.9 Å². The van der Waals surface area contributed by atoms with Crippen molar-refractivity contribution < 1.29 is 14.7 Å². The molecule has 2 aromatic carbocycles. The molecule has 126 valence electrons. The van der Waals surface area contributed by atoms with Crippen LogP contribution in [0.25, 0.3) is 0 Å². The van der Waals surface area contributed by atoms with Crippen molar-refractivity contribution in [2.75, 3.05) is 5.32 Å². The number of aliphatic carboxylic acids is 1. The van der Waals surface area contributed by atoms with Gasteiger partial charge in [0.25, 0.3) is 0 Å². The van der Waals surface area contributed by atoms with Crippen LogP contribution in [-0.4, -0.2) is 11.9 Å². The molecular formula is C19H19ClNO3-. The summed E-state index contributed by atoms with van der Waals surface area (Å²) in [6.07, 6.45) is 0.0162. The largest absolute Gasteiger partial charge is 0.550 e. The van der Waals surface area contributed by atoms with Gasteiger partial charge >= 0.3 is 0 Å². The van der Waals surface area contributed by atoms with E-state index in [1.807, 2.05) is 32.0 Å². The van der Waals surface area contributed by atoms with Crippen LogP contribution in [0.4, 0.5) is 5.69 Å². The first-order chi connectivity index (χ1) is 11.3. The van der Waals surface area contributed by atoms with Crippen LogP contribution in [0.1, 0.15) is 23.1 Å². The molecule has 0 saturated heterocycles. The van der Waals surface area contributed by atoms with E-state index in [0.717, 1.165) is 16.7 Å². The second-order valence-corrected chi connectivity index (χ2v) is 6.41. The summed E-state index contributed by atoms with van der Waals surface area (Å²) in [6.45, 7) is 3.94. The molecule has 2 rings (SSSR count). The zero-order valence-corrected chi connectivity index (χ0v) is 14.4.